The van der Waals surface area contributed by atoms with Crippen molar-refractivity contribution in [3.63, 3.8) is 0 Å². The zero-order valence-electron chi connectivity index (χ0n) is 7.80. The highest BCUT2D eigenvalue weighted by Gasteiger charge is 2.00. The largest absolute Gasteiger partial charge is 0.361 e. The first-order valence-electron chi connectivity index (χ1n) is 4.58. The molecular formula is C11H14N2. The van der Waals surface area contributed by atoms with E-state index in [2.05, 4.69) is 30.1 Å². The van der Waals surface area contributed by atoms with E-state index in [0.29, 0.717) is 0 Å². The van der Waals surface area contributed by atoms with Gasteiger partial charge in [-0.1, -0.05) is 6.07 Å². The predicted molar refractivity (Wildman–Crippen MR) is 55.8 cm³/mol. The van der Waals surface area contributed by atoms with Gasteiger partial charge in [0.05, 0.1) is 0 Å². The number of rotatable bonds is 2. The van der Waals surface area contributed by atoms with Crippen molar-refractivity contribution in [1.29, 1.82) is 0 Å². The number of nitrogens with one attached hydrogen (secondary N) is 1. The second kappa shape index (κ2) is 3.23. The third kappa shape index (κ3) is 1.45. The van der Waals surface area contributed by atoms with E-state index in [4.69, 9.17) is 5.73 Å². The maximum atomic E-state index is 5.52. The van der Waals surface area contributed by atoms with Gasteiger partial charge in [0.15, 0.2) is 0 Å². The summed E-state index contributed by atoms with van der Waals surface area (Å²) in [7, 11) is 0. The predicted octanol–water partition coefficient (Wildman–Crippen LogP) is 1.98. The van der Waals surface area contributed by atoms with Crippen LogP contribution in [-0.2, 0) is 6.42 Å². The van der Waals surface area contributed by atoms with E-state index in [-0.39, 0.29) is 0 Å². The quantitative estimate of drug-likeness (QED) is 0.718. The normalized spacial score (nSPS) is 10.9. The maximum Gasteiger partial charge on any atom is 0.0483 e. The van der Waals surface area contributed by atoms with Crippen LogP contribution in [0.4, 0.5) is 0 Å². The fourth-order valence-electron chi connectivity index (χ4n) is 1.75. The zero-order valence-corrected chi connectivity index (χ0v) is 7.80. The summed E-state index contributed by atoms with van der Waals surface area (Å²) in [6.07, 6.45) is 2.94. The monoisotopic (exact) mass is 174 g/mol. The number of aryl methyl sites for hydroxylation is 1. The molecule has 0 aliphatic carbocycles. The first kappa shape index (κ1) is 8.32. The van der Waals surface area contributed by atoms with E-state index < -0.39 is 0 Å². The number of aromatic nitrogens is 1. The molecule has 1 aromatic heterocycles. The van der Waals surface area contributed by atoms with Gasteiger partial charge in [0.25, 0.3) is 0 Å². The minimum absolute atomic E-state index is 0.718. The first-order chi connectivity index (χ1) is 6.31. The van der Waals surface area contributed by atoms with Crippen LogP contribution >= 0.6 is 0 Å². The number of aromatic amines is 1. The summed E-state index contributed by atoms with van der Waals surface area (Å²) < 4.78 is 0. The summed E-state index contributed by atoms with van der Waals surface area (Å²) in [5.41, 5.74) is 9.38. The molecule has 2 rings (SSSR count). The molecule has 0 saturated heterocycles. The van der Waals surface area contributed by atoms with Crippen LogP contribution < -0.4 is 5.73 Å². The highest BCUT2D eigenvalue weighted by Crippen LogP contribution is 2.19. The van der Waals surface area contributed by atoms with Crippen LogP contribution in [0.5, 0.6) is 0 Å². The number of H-pyrrole nitrogens is 1. The number of benzene rings is 1. The van der Waals surface area contributed by atoms with Crippen molar-refractivity contribution in [1.82, 2.24) is 4.98 Å². The molecule has 0 fully saturated rings. The van der Waals surface area contributed by atoms with Crippen molar-refractivity contribution in [2.45, 2.75) is 13.3 Å². The molecule has 68 valence electrons. The highest BCUT2D eigenvalue weighted by atomic mass is 14.7. The van der Waals surface area contributed by atoms with E-state index in [0.717, 1.165) is 13.0 Å². The van der Waals surface area contributed by atoms with Gasteiger partial charge in [-0.05, 0) is 48.5 Å². The molecule has 2 heteroatoms. The van der Waals surface area contributed by atoms with Crippen LogP contribution in [0.1, 0.15) is 11.1 Å². The third-order valence-electron chi connectivity index (χ3n) is 2.35. The van der Waals surface area contributed by atoms with Crippen LogP contribution in [-0.4, -0.2) is 11.5 Å². The lowest BCUT2D eigenvalue weighted by atomic mass is 10.1. The molecule has 0 saturated carbocycles. The average molecular weight is 174 g/mol. The van der Waals surface area contributed by atoms with Gasteiger partial charge in [-0.15, -0.1) is 0 Å². The van der Waals surface area contributed by atoms with Crippen molar-refractivity contribution in [2.75, 3.05) is 6.54 Å². The van der Waals surface area contributed by atoms with Gasteiger partial charge >= 0.3 is 0 Å². The van der Waals surface area contributed by atoms with Crippen LogP contribution in [0.25, 0.3) is 10.9 Å². The fraction of sp³-hybridized carbons (Fsp3) is 0.273. The molecule has 0 unspecified atom stereocenters. The summed E-state index contributed by atoms with van der Waals surface area (Å²) in [4.78, 5) is 3.23. The van der Waals surface area contributed by atoms with E-state index in [1.165, 1.54) is 22.0 Å². The molecular weight excluding hydrogens is 160 g/mol. The maximum absolute atomic E-state index is 5.52. The molecule has 0 bridgehead atoms. The van der Waals surface area contributed by atoms with Crippen molar-refractivity contribution in [3.05, 3.63) is 35.5 Å². The third-order valence-corrected chi connectivity index (χ3v) is 2.35. The number of fused-ring (bicyclic) bond motifs is 1. The summed E-state index contributed by atoms with van der Waals surface area (Å²) in [5.74, 6) is 0. The molecule has 0 atom stereocenters. The summed E-state index contributed by atoms with van der Waals surface area (Å²) in [5, 5.41) is 1.28. The second-order valence-electron chi connectivity index (χ2n) is 3.39. The Morgan fingerprint density at radius 3 is 3.00 bits per heavy atom. The van der Waals surface area contributed by atoms with Gasteiger partial charge in [-0.2, -0.15) is 0 Å². The Labute approximate surface area is 77.8 Å². The molecule has 0 aliphatic rings. The lowest BCUT2D eigenvalue weighted by Crippen LogP contribution is -2.02. The van der Waals surface area contributed by atoms with Crippen LogP contribution in [0, 0.1) is 6.92 Å². The second-order valence-corrected chi connectivity index (χ2v) is 3.39. The Bertz CT molecular complexity index is 415. The molecule has 0 radical (unpaired) electrons. The summed E-state index contributed by atoms with van der Waals surface area (Å²) >= 11 is 0. The number of hydrogen-bond acceptors (Lipinski definition) is 1. The topological polar surface area (TPSA) is 41.8 Å². The standard InChI is InChI=1S/C11H14N2/c1-8-6-9(2-4-12)7-10-3-5-13-11(8)10/h3,5-7,13H,2,4,12H2,1H3. The molecule has 1 aromatic carbocycles. The van der Waals surface area contributed by atoms with Crippen molar-refractivity contribution >= 4 is 10.9 Å². The van der Waals surface area contributed by atoms with Gasteiger partial charge in [-0.3, -0.25) is 0 Å². The summed E-state index contributed by atoms with van der Waals surface area (Å²) in [6.45, 7) is 2.84. The minimum atomic E-state index is 0.718. The summed E-state index contributed by atoms with van der Waals surface area (Å²) in [6, 6.07) is 6.50. The molecule has 13 heavy (non-hydrogen) atoms. The fourth-order valence-corrected chi connectivity index (χ4v) is 1.75. The molecule has 2 aromatic rings. The van der Waals surface area contributed by atoms with Gasteiger partial charge in [0.2, 0.25) is 0 Å². The lowest BCUT2D eigenvalue weighted by Gasteiger charge is -2.02. The van der Waals surface area contributed by atoms with E-state index in [9.17, 15) is 0 Å². The molecule has 1 heterocycles. The van der Waals surface area contributed by atoms with Crippen LogP contribution in [0.2, 0.25) is 0 Å². The minimum Gasteiger partial charge on any atom is -0.361 e. The molecule has 0 spiro atoms. The molecule has 0 amide bonds. The van der Waals surface area contributed by atoms with Gasteiger partial charge < -0.3 is 10.7 Å². The SMILES string of the molecule is Cc1cc(CCN)cc2cc[nH]c12. The van der Waals surface area contributed by atoms with Crippen molar-refractivity contribution in [2.24, 2.45) is 5.73 Å². The molecule has 2 nitrogen and oxygen atoms in total. The van der Waals surface area contributed by atoms with E-state index >= 15 is 0 Å². The Morgan fingerprint density at radius 2 is 2.23 bits per heavy atom. The zero-order chi connectivity index (χ0) is 9.26. The molecule has 3 N–H and O–H groups in total. The van der Waals surface area contributed by atoms with Crippen LogP contribution in [0.15, 0.2) is 24.4 Å². The van der Waals surface area contributed by atoms with Crippen molar-refractivity contribution < 1.29 is 0 Å². The smallest absolute Gasteiger partial charge is 0.0483 e. The van der Waals surface area contributed by atoms with Crippen molar-refractivity contribution in [3.8, 4) is 0 Å². The van der Waals surface area contributed by atoms with E-state index in [1.54, 1.807) is 0 Å². The number of hydrogen-bond donors (Lipinski definition) is 2. The van der Waals surface area contributed by atoms with E-state index in [1.807, 2.05) is 6.20 Å². The van der Waals surface area contributed by atoms with Gasteiger partial charge in [0.1, 0.15) is 0 Å². The number of nitrogens with two attached hydrogens (primary N) is 1. The van der Waals surface area contributed by atoms with Crippen LogP contribution in [0.3, 0.4) is 0 Å². The Balaban J connectivity index is 2.56. The Morgan fingerprint density at radius 1 is 1.38 bits per heavy atom. The van der Waals surface area contributed by atoms with Gasteiger partial charge in [0, 0.05) is 11.7 Å². The molecule has 0 aliphatic heterocycles. The lowest BCUT2D eigenvalue weighted by molar-refractivity contribution is 0.969. The average Bonchev–Trinajstić information content (AvgIpc) is 2.53. The van der Waals surface area contributed by atoms with Gasteiger partial charge in [-0.25, -0.2) is 0 Å². The highest BCUT2D eigenvalue weighted by molar-refractivity contribution is 5.83. The Kier molecular flexibility index (Phi) is 2.07. The Hall–Kier alpha value is -1.28. The first-order valence-corrected chi connectivity index (χ1v) is 4.58.